The van der Waals surface area contributed by atoms with Crippen molar-refractivity contribution >= 4 is 12.1 Å². The monoisotopic (exact) mass is 152 g/mol. The number of hydrogen-bond donors (Lipinski definition) is 1. The summed E-state index contributed by atoms with van der Waals surface area (Å²) in [6, 6.07) is 4.46. The maximum Gasteiger partial charge on any atom is 0.314 e. The summed E-state index contributed by atoms with van der Waals surface area (Å²) < 4.78 is 12.7. The van der Waals surface area contributed by atoms with Gasteiger partial charge in [0.1, 0.15) is 5.82 Å². The number of amides is 1. The maximum atomic E-state index is 12.7. The van der Waals surface area contributed by atoms with Crippen LogP contribution in [0.3, 0.4) is 0 Å². The van der Waals surface area contributed by atoms with Crippen LogP contribution in [0, 0.1) is 12.7 Å². The third-order valence-electron chi connectivity index (χ3n) is 1.37. The van der Waals surface area contributed by atoms with Crippen molar-refractivity contribution in [2.45, 2.75) is 6.92 Å². The van der Waals surface area contributed by atoms with Crippen molar-refractivity contribution in [3.63, 3.8) is 0 Å². The number of aryl methyl sites for hydroxylation is 1. The average molecular weight is 152 g/mol. The Morgan fingerprint density at radius 3 is 2.82 bits per heavy atom. The summed E-state index contributed by atoms with van der Waals surface area (Å²) in [5.41, 5.74) is 0.976. The highest BCUT2D eigenvalue weighted by Gasteiger charge is 1.97. The van der Waals surface area contributed by atoms with Gasteiger partial charge in [-0.25, -0.2) is 4.39 Å². The molecule has 0 aromatic heterocycles. The van der Waals surface area contributed by atoms with Gasteiger partial charge in [-0.3, -0.25) is 4.79 Å². The lowest BCUT2D eigenvalue weighted by Crippen LogP contribution is -1.94. The molecule has 2 nitrogen and oxygen atoms in total. The highest BCUT2D eigenvalue weighted by atomic mass is 19.1. The lowest BCUT2D eigenvalue weighted by atomic mass is 10.2. The van der Waals surface area contributed by atoms with Crippen LogP contribution in [0.25, 0.3) is 0 Å². The second-order valence-electron chi connectivity index (χ2n) is 2.19. The lowest BCUT2D eigenvalue weighted by Gasteiger charge is -1.98. The Hall–Kier alpha value is -1.38. The summed E-state index contributed by atoms with van der Waals surface area (Å²) in [4.78, 5) is 9.81. The zero-order valence-corrected chi connectivity index (χ0v) is 6.02. The SMILES string of the molecule is Cc1ccc(N[C]=O)cc1F. The van der Waals surface area contributed by atoms with E-state index in [-0.39, 0.29) is 5.82 Å². The van der Waals surface area contributed by atoms with Crippen LogP contribution in [0.5, 0.6) is 0 Å². The molecule has 0 bridgehead atoms. The first-order chi connectivity index (χ1) is 5.24. The third kappa shape index (κ3) is 1.77. The first kappa shape index (κ1) is 7.72. The molecule has 0 saturated heterocycles. The molecule has 0 heterocycles. The molecule has 0 aliphatic rings. The second-order valence-corrected chi connectivity index (χ2v) is 2.19. The molecule has 0 saturated carbocycles. The van der Waals surface area contributed by atoms with Crippen molar-refractivity contribution in [3.05, 3.63) is 29.6 Å². The summed E-state index contributed by atoms with van der Waals surface area (Å²) in [7, 11) is 0. The Morgan fingerprint density at radius 2 is 2.27 bits per heavy atom. The number of carbonyl (C=O) groups excluding carboxylic acids is 1. The number of halogens is 1. The summed E-state index contributed by atoms with van der Waals surface area (Å²) in [5, 5.41) is 2.23. The number of hydrogen-bond acceptors (Lipinski definition) is 1. The van der Waals surface area contributed by atoms with Crippen molar-refractivity contribution in [3.8, 4) is 0 Å². The summed E-state index contributed by atoms with van der Waals surface area (Å²) in [5.74, 6) is -0.328. The predicted molar refractivity (Wildman–Crippen MR) is 40.5 cm³/mol. The smallest absolute Gasteiger partial charge is 0.314 e. The van der Waals surface area contributed by atoms with E-state index >= 15 is 0 Å². The van der Waals surface area contributed by atoms with Crippen LogP contribution >= 0.6 is 0 Å². The molecule has 0 aliphatic heterocycles. The highest BCUT2D eigenvalue weighted by molar-refractivity contribution is 5.71. The van der Waals surface area contributed by atoms with Gasteiger partial charge < -0.3 is 5.32 Å². The van der Waals surface area contributed by atoms with Crippen molar-refractivity contribution in [1.82, 2.24) is 0 Å². The number of rotatable bonds is 2. The van der Waals surface area contributed by atoms with Gasteiger partial charge in [0.25, 0.3) is 0 Å². The fourth-order valence-corrected chi connectivity index (χ4v) is 0.730. The minimum atomic E-state index is -0.328. The standard InChI is InChI=1S/C8H7FNO/c1-6-2-3-7(10-5-11)4-8(6)9/h2-4H,1H3,(H,10,11). The molecule has 11 heavy (non-hydrogen) atoms. The van der Waals surface area contributed by atoms with Crippen molar-refractivity contribution in [1.29, 1.82) is 0 Å². The fraction of sp³-hybridized carbons (Fsp3) is 0.125. The Balaban J connectivity index is 2.95. The Kier molecular flexibility index (Phi) is 2.21. The number of anilines is 1. The highest BCUT2D eigenvalue weighted by Crippen LogP contribution is 2.12. The zero-order valence-electron chi connectivity index (χ0n) is 6.02. The topological polar surface area (TPSA) is 29.1 Å². The molecule has 57 valence electrons. The molecule has 1 radical (unpaired) electrons. The molecule has 0 atom stereocenters. The molecule has 3 heteroatoms. The van der Waals surface area contributed by atoms with E-state index in [9.17, 15) is 9.18 Å². The third-order valence-corrected chi connectivity index (χ3v) is 1.37. The number of nitrogens with one attached hydrogen (secondary N) is 1. The van der Waals surface area contributed by atoms with Crippen LogP contribution in [-0.2, 0) is 4.79 Å². The van der Waals surface area contributed by atoms with Crippen LogP contribution in [0.2, 0.25) is 0 Å². The Bertz CT molecular complexity index is 273. The summed E-state index contributed by atoms with van der Waals surface area (Å²) in [6.45, 7) is 1.66. The zero-order chi connectivity index (χ0) is 8.27. The molecule has 0 fully saturated rings. The van der Waals surface area contributed by atoms with E-state index in [1.165, 1.54) is 12.5 Å². The molecule has 1 rings (SSSR count). The van der Waals surface area contributed by atoms with E-state index in [2.05, 4.69) is 5.32 Å². The minimum absolute atomic E-state index is 0.328. The van der Waals surface area contributed by atoms with Gasteiger partial charge in [0.05, 0.1) is 0 Å². The van der Waals surface area contributed by atoms with E-state index in [1.54, 1.807) is 19.1 Å². The van der Waals surface area contributed by atoms with Crippen LogP contribution in [0.1, 0.15) is 5.56 Å². The largest absolute Gasteiger partial charge is 0.318 e. The van der Waals surface area contributed by atoms with Gasteiger partial charge in [-0.2, -0.15) is 0 Å². The average Bonchev–Trinajstić information content (AvgIpc) is 1.98. The second kappa shape index (κ2) is 3.14. The van der Waals surface area contributed by atoms with E-state index < -0.39 is 0 Å². The van der Waals surface area contributed by atoms with Crippen LogP contribution in [-0.4, -0.2) is 6.41 Å². The van der Waals surface area contributed by atoms with Gasteiger partial charge in [0.2, 0.25) is 0 Å². The Labute approximate surface area is 64.0 Å². The van der Waals surface area contributed by atoms with Gasteiger partial charge >= 0.3 is 6.41 Å². The molecule has 1 amide bonds. The van der Waals surface area contributed by atoms with Gasteiger partial charge in [0.15, 0.2) is 0 Å². The first-order valence-corrected chi connectivity index (χ1v) is 3.13. The van der Waals surface area contributed by atoms with Crippen LogP contribution in [0.4, 0.5) is 10.1 Å². The quantitative estimate of drug-likeness (QED) is 0.641. The molecular formula is C8H7FNO. The fourth-order valence-electron chi connectivity index (χ4n) is 0.730. The van der Waals surface area contributed by atoms with E-state index in [4.69, 9.17) is 0 Å². The van der Waals surface area contributed by atoms with E-state index in [1.807, 2.05) is 0 Å². The molecule has 1 N–H and O–H groups in total. The molecule has 1 aromatic rings. The summed E-state index contributed by atoms with van der Waals surface area (Å²) >= 11 is 0. The minimum Gasteiger partial charge on any atom is -0.318 e. The van der Waals surface area contributed by atoms with Gasteiger partial charge in [-0.1, -0.05) is 6.07 Å². The normalized spacial score (nSPS) is 9.27. The molecule has 0 spiro atoms. The molecule has 1 aromatic carbocycles. The van der Waals surface area contributed by atoms with Crippen LogP contribution < -0.4 is 5.32 Å². The molecule has 0 aliphatic carbocycles. The molecular weight excluding hydrogens is 145 g/mol. The van der Waals surface area contributed by atoms with Crippen molar-refractivity contribution in [2.24, 2.45) is 0 Å². The summed E-state index contributed by atoms with van der Waals surface area (Å²) in [6.07, 6.45) is 1.46. The first-order valence-electron chi connectivity index (χ1n) is 3.13. The van der Waals surface area contributed by atoms with Crippen molar-refractivity contribution < 1.29 is 9.18 Å². The lowest BCUT2D eigenvalue weighted by molar-refractivity contribution is 0.561. The van der Waals surface area contributed by atoms with Crippen LogP contribution in [0.15, 0.2) is 18.2 Å². The maximum absolute atomic E-state index is 12.7. The Morgan fingerprint density at radius 1 is 1.55 bits per heavy atom. The van der Waals surface area contributed by atoms with Gasteiger partial charge in [-0.15, -0.1) is 0 Å². The molecule has 0 unspecified atom stereocenters. The van der Waals surface area contributed by atoms with Gasteiger partial charge in [-0.05, 0) is 24.6 Å². The van der Waals surface area contributed by atoms with Gasteiger partial charge in [0, 0.05) is 5.69 Å². The predicted octanol–water partition coefficient (Wildman–Crippen LogP) is 1.61. The van der Waals surface area contributed by atoms with E-state index in [0.29, 0.717) is 11.3 Å². The van der Waals surface area contributed by atoms with Crippen molar-refractivity contribution in [2.75, 3.05) is 5.32 Å². The number of benzene rings is 1. The van der Waals surface area contributed by atoms with E-state index in [0.717, 1.165) is 0 Å².